The van der Waals surface area contributed by atoms with E-state index in [0.29, 0.717) is 17.4 Å². The molecule has 2 N–H and O–H groups in total. The van der Waals surface area contributed by atoms with E-state index in [1.54, 1.807) is 0 Å². The van der Waals surface area contributed by atoms with Gasteiger partial charge in [0.2, 0.25) is 0 Å². The molecule has 2 saturated carbocycles. The predicted octanol–water partition coefficient (Wildman–Crippen LogP) is 3.89. The third-order valence-electron chi connectivity index (χ3n) is 4.53. The van der Waals surface area contributed by atoms with Gasteiger partial charge >= 0.3 is 0 Å². The summed E-state index contributed by atoms with van der Waals surface area (Å²) in [6.45, 7) is 4.73. The predicted molar refractivity (Wildman–Crippen MR) is 74.2 cm³/mol. The molecule has 0 heterocycles. The minimum absolute atomic E-state index is 0.471. The summed E-state index contributed by atoms with van der Waals surface area (Å²) in [7, 11) is 0. The van der Waals surface area contributed by atoms with E-state index in [4.69, 9.17) is 10.7 Å². The molecule has 0 saturated heterocycles. The lowest BCUT2D eigenvalue weighted by molar-refractivity contribution is 0.221. The van der Waals surface area contributed by atoms with E-state index >= 15 is 0 Å². The van der Waals surface area contributed by atoms with E-state index in [2.05, 4.69) is 13.8 Å². The van der Waals surface area contributed by atoms with Crippen molar-refractivity contribution in [3.8, 4) is 0 Å². The Morgan fingerprint density at radius 1 is 1.06 bits per heavy atom. The van der Waals surface area contributed by atoms with E-state index in [0.717, 1.165) is 5.84 Å². The molecule has 1 unspecified atom stereocenters. The van der Waals surface area contributed by atoms with Crippen molar-refractivity contribution < 1.29 is 0 Å². The summed E-state index contributed by atoms with van der Waals surface area (Å²) in [5.41, 5.74) is 6.69. The molecule has 0 aromatic heterocycles. The zero-order chi connectivity index (χ0) is 12.3. The maximum atomic E-state index is 6.22. The first-order chi connectivity index (χ1) is 8.07. The van der Waals surface area contributed by atoms with E-state index in [-0.39, 0.29) is 0 Å². The van der Waals surface area contributed by atoms with Crippen molar-refractivity contribution in [3.63, 3.8) is 0 Å². The van der Waals surface area contributed by atoms with Crippen LogP contribution in [0.2, 0.25) is 0 Å². The molecule has 2 rings (SSSR count). The highest BCUT2D eigenvalue weighted by molar-refractivity contribution is 5.83. The molecule has 1 atom stereocenters. The van der Waals surface area contributed by atoms with Crippen molar-refractivity contribution in [1.82, 2.24) is 0 Å². The fourth-order valence-electron chi connectivity index (χ4n) is 3.48. The van der Waals surface area contributed by atoms with Crippen LogP contribution in [0.4, 0.5) is 0 Å². The summed E-state index contributed by atoms with van der Waals surface area (Å²) in [5, 5.41) is 0. The summed E-state index contributed by atoms with van der Waals surface area (Å²) in [5.74, 6) is 1.56. The highest BCUT2D eigenvalue weighted by Gasteiger charge is 2.28. The topological polar surface area (TPSA) is 38.4 Å². The third kappa shape index (κ3) is 3.72. The Labute approximate surface area is 106 Å². The second-order valence-electron chi connectivity index (χ2n) is 6.80. The normalized spacial score (nSPS) is 31.4. The zero-order valence-corrected chi connectivity index (χ0v) is 11.5. The van der Waals surface area contributed by atoms with Gasteiger partial charge in [-0.2, -0.15) is 0 Å². The number of hydrogen-bond donors (Lipinski definition) is 1. The molecule has 0 aromatic rings. The van der Waals surface area contributed by atoms with Crippen LogP contribution in [0.5, 0.6) is 0 Å². The van der Waals surface area contributed by atoms with Gasteiger partial charge in [0.05, 0.1) is 11.9 Å². The minimum Gasteiger partial charge on any atom is -0.387 e. The molecule has 0 amide bonds. The molecule has 2 aliphatic carbocycles. The third-order valence-corrected chi connectivity index (χ3v) is 4.53. The maximum absolute atomic E-state index is 6.22. The highest BCUT2D eigenvalue weighted by Crippen LogP contribution is 2.36. The molecule has 2 aliphatic rings. The number of nitrogens with zero attached hydrogens (tertiary/aromatic N) is 1. The monoisotopic (exact) mass is 236 g/mol. The summed E-state index contributed by atoms with van der Waals surface area (Å²) in [6.07, 6.45) is 11.8. The minimum atomic E-state index is 0.471. The van der Waals surface area contributed by atoms with Gasteiger partial charge in [-0.3, -0.25) is 4.99 Å². The lowest BCUT2D eigenvalue weighted by atomic mass is 9.75. The SMILES string of the molecule is CC1(C)CCCC(N=C(N)C2CCCCC2)C1. The van der Waals surface area contributed by atoms with Crippen LogP contribution < -0.4 is 5.73 Å². The molecule has 0 bridgehead atoms. The van der Waals surface area contributed by atoms with Crippen molar-refractivity contribution in [2.45, 2.75) is 77.7 Å². The number of hydrogen-bond acceptors (Lipinski definition) is 1. The van der Waals surface area contributed by atoms with Crippen LogP contribution in [-0.4, -0.2) is 11.9 Å². The van der Waals surface area contributed by atoms with Crippen LogP contribution in [-0.2, 0) is 0 Å². The lowest BCUT2D eigenvalue weighted by Crippen LogP contribution is -2.31. The quantitative estimate of drug-likeness (QED) is 0.573. The number of amidine groups is 1. The van der Waals surface area contributed by atoms with Gasteiger partial charge in [-0.05, 0) is 37.5 Å². The van der Waals surface area contributed by atoms with E-state index < -0.39 is 0 Å². The Hall–Kier alpha value is -0.530. The molecule has 0 aliphatic heterocycles. The van der Waals surface area contributed by atoms with Gasteiger partial charge in [-0.15, -0.1) is 0 Å². The Morgan fingerprint density at radius 2 is 1.76 bits per heavy atom. The first kappa shape index (κ1) is 12.9. The second-order valence-corrected chi connectivity index (χ2v) is 6.80. The van der Waals surface area contributed by atoms with Gasteiger partial charge in [0.1, 0.15) is 0 Å². The van der Waals surface area contributed by atoms with Crippen LogP contribution in [0, 0.1) is 11.3 Å². The average Bonchev–Trinajstić information content (AvgIpc) is 2.29. The van der Waals surface area contributed by atoms with E-state index in [9.17, 15) is 0 Å². The fraction of sp³-hybridized carbons (Fsp3) is 0.933. The molecule has 17 heavy (non-hydrogen) atoms. The molecule has 2 nitrogen and oxygen atoms in total. The van der Waals surface area contributed by atoms with Gasteiger partial charge in [-0.1, -0.05) is 39.5 Å². The van der Waals surface area contributed by atoms with Crippen LogP contribution in [0.25, 0.3) is 0 Å². The van der Waals surface area contributed by atoms with Gasteiger partial charge in [0, 0.05) is 5.92 Å². The second kappa shape index (κ2) is 5.41. The van der Waals surface area contributed by atoms with Crippen molar-refractivity contribution in [1.29, 1.82) is 0 Å². The van der Waals surface area contributed by atoms with Crippen LogP contribution in [0.3, 0.4) is 0 Å². The van der Waals surface area contributed by atoms with Crippen molar-refractivity contribution in [3.05, 3.63) is 0 Å². The lowest BCUT2D eigenvalue weighted by Gasteiger charge is -2.34. The van der Waals surface area contributed by atoms with E-state index in [1.807, 2.05) is 0 Å². The Balaban J connectivity index is 1.93. The Morgan fingerprint density at radius 3 is 2.41 bits per heavy atom. The van der Waals surface area contributed by atoms with Gasteiger partial charge in [0.15, 0.2) is 0 Å². The largest absolute Gasteiger partial charge is 0.387 e. The first-order valence-corrected chi connectivity index (χ1v) is 7.40. The van der Waals surface area contributed by atoms with Crippen molar-refractivity contribution in [2.75, 3.05) is 0 Å². The van der Waals surface area contributed by atoms with Crippen LogP contribution in [0.1, 0.15) is 71.6 Å². The van der Waals surface area contributed by atoms with Crippen LogP contribution in [0.15, 0.2) is 4.99 Å². The maximum Gasteiger partial charge on any atom is 0.0971 e. The Kier molecular flexibility index (Phi) is 4.11. The fourth-order valence-corrected chi connectivity index (χ4v) is 3.48. The van der Waals surface area contributed by atoms with Crippen molar-refractivity contribution in [2.24, 2.45) is 22.1 Å². The zero-order valence-electron chi connectivity index (χ0n) is 11.5. The number of rotatable bonds is 2. The molecule has 0 spiro atoms. The summed E-state index contributed by atoms with van der Waals surface area (Å²) < 4.78 is 0. The van der Waals surface area contributed by atoms with Gasteiger partial charge < -0.3 is 5.73 Å². The Bertz CT molecular complexity index is 275. The highest BCUT2D eigenvalue weighted by atomic mass is 14.9. The van der Waals surface area contributed by atoms with Crippen LogP contribution >= 0.6 is 0 Å². The number of nitrogens with two attached hydrogens (primary N) is 1. The first-order valence-electron chi connectivity index (χ1n) is 7.40. The van der Waals surface area contributed by atoms with Gasteiger partial charge in [0.25, 0.3) is 0 Å². The molecule has 2 heteroatoms. The summed E-state index contributed by atoms with van der Waals surface area (Å²) in [6, 6.07) is 0.501. The number of aliphatic imine (C=N–C) groups is 1. The van der Waals surface area contributed by atoms with Crippen molar-refractivity contribution >= 4 is 5.84 Å². The molecule has 98 valence electrons. The van der Waals surface area contributed by atoms with Gasteiger partial charge in [-0.25, -0.2) is 0 Å². The summed E-state index contributed by atoms with van der Waals surface area (Å²) >= 11 is 0. The molecule has 0 radical (unpaired) electrons. The molecule has 2 fully saturated rings. The van der Waals surface area contributed by atoms with E-state index in [1.165, 1.54) is 57.8 Å². The molecular weight excluding hydrogens is 208 g/mol. The standard InChI is InChI=1S/C15H28N2/c1-15(2)10-6-9-13(11-15)17-14(16)12-7-4-3-5-8-12/h12-13H,3-11H2,1-2H3,(H2,16,17). The molecular formula is C15H28N2. The summed E-state index contributed by atoms with van der Waals surface area (Å²) in [4.78, 5) is 4.85. The molecule has 0 aromatic carbocycles. The average molecular weight is 236 g/mol. The smallest absolute Gasteiger partial charge is 0.0971 e.